The van der Waals surface area contributed by atoms with Gasteiger partial charge in [-0.2, -0.15) is 5.10 Å². The van der Waals surface area contributed by atoms with E-state index in [1.54, 1.807) is 30.3 Å². The predicted octanol–water partition coefficient (Wildman–Crippen LogP) is 2.79. The molecule has 130 valence electrons. The number of nitro benzene ring substituents is 1. The van der Waals surface area contributed by atoms with Crippen molar-refractivity contribution in [2.45, 2.75) is 0 Å². The molecule has 0 atom stereocenters. The number of nitrogens with one attached hydrogen (secondary N) is 1. The van der Waals surface area contributed by atoms with Crippen LogP contribution in [0.3, 0.4) is 0 Å². The fourth-order valence-corrected chi connectivity index (χ4v) is 2.11. The van der Waals surface area contributed by atoms with Crippen LogP contribution in [0.25, 0.3) is 0 Å². The van der Waals surface area contributed by atoms with Crippen LogP contribution in [0, 0.1) is 10.1 Å². The molecule has 1 N–H and O–H groups in total. The molecule has 9 heteroatoms. The molecule has 0 saturated heterocycles. The Morgan fingerprint density at radius 3 is 2.68 bits per heavy atom. The van der Waals surface area contributed by atoms with Gasteiger partial charge in [-0.3, -0.25) is 14.9 Å². The number of hydrazone groups is 1. The summed E-state index contributed by atoms with van der Waals surface area (Å²) in [6, 6.07) is 11.2. The van der Waals surface area contributed by atoms with Crippen LogP contribution in [0.15, 0.2) is 47.6 Å². The van der Waals surface area contributed by atoms with E-state index in [0.717, 1.165) is 6.21 Å². The first-order chi connectivity index (χ1) is 12.0. The lowest BCUT2D eigenvalue weighted by Gasteiger charge is -2.06. The minimum atomic E-state index is -0.581. The summed E-state index contributed by atoms with van der Waals surface area (Å²) in [7, 11) is 1.33. The van der Waals surface area contributed by atoms with Gasteiger partial charge in [0.05, 0.1) is 28.8 Å². The quantitative estimate of drug-likeness (QED) is 0.463. The summed E-state index contributed by atoms with van der Waals surface area (Å²) in [5.41, 5.74) is 2.17. The van der Waals surface area contributed by atoms with Crippen molar-refractivity contribution >= 4 is 29.4 Å². The molecule has 2 aromatic carbocycles. The normalized spacial score (nSPS) is 10.5. The Labute approximate surface area is 148 Å². The molecular weight excluding hydrogens is 350 g/mol. The zero-order chi connectivity index (χ0) is 18.2. The number of rotatable bonds is 7. The third-order valence-electron chi connectivity index (χ3n) is 3.02. The lowest BCUT2D eigenvalue weighted by molar-refractivity contribution is -0.385. The van der Waals surface area contributed by atoms with E-state index >= 15 is 0 Å². The monoisotopic (exact) mass is 363 g/mol. The highest BCUT2D eigenvalue weighted by Crippen LogP contribution is 2.29. The number of amides is 1. The number of hydrogen-bond donors (Lipinski definition) is 1. The van der Waals surface area contributed by atoms with E-state index < -0.39 is 10.8 Å². The van der Waals surface area contributed by atoms with Gasteiger partial charge in [0.15, 0.2) is 12.4 Å². The average molecular weight is 364 g/mol. The molecule has 0 unspecified atom stereocenters. The van der Waals surface area contributed by atoms with Crippen LogP contribution in [0.4, 0.5) is 5.69 Å². The minimum absolute atomic E-state index is 0.0994. The summed E-state index contributed by atoms with van der Waals surface area (Å²) >= 11 is 5.91. The standard InChI is InChI=1S/C16H14ClN3O5/c1-24-14-8-4-5-11(16(14)20(22)23)9-18-19-15(21)10-25-13-7-3-2-6-12(13)17/h2-9H,10H2,1H3,(H,19,21). The molecule has 25 heavy (non-hydrogen) atoms. The van der Waals surface area contributed by atoms with Gasteiger partial charge < -0.3 is 9.47 Å². The molecule has 0 aliphatic rings. The number of nitro groups is 1. The van der Waals surface area contributed by atoms with Gasteiger partial charge in [0.25, 0.3) is 5.91 Å². The first-order valence-electron chi connectivity index (χ1n) is 7.03. The number of ether oxygens (including phenoxy) is 2. The van der Waals surface area contributed by atoms with Gasteiger partial charge in [-0.15, -0.1) is 0 Å². The van der Waals surface area contributed by atoms with Crippen LogP contribution in [-0.2, 0) is 4.79 Å². The van der Waals surface area contributed by atoms with Crippen LogP contribution >= 0.6 is 11.6 Å². The Kier molecular flexibility index (Phi) is 6.30. The molecule has 0 fully saturated rings. The second kappa shape index (κ2) is 8.65. The molecule has 0 radical (unpaired) electrons. The summed E-state index contributed by atoms with van der Waals surface area (Å²) < 4.78 is 10.2. The Bertz CT molecular complexity index is 810. The molecule has 8 nitrogen and oxygen atoms in total. The van der Waals surface area contributed by atoms with Crippen molar-refractivity contribution in [2.75, 3.05) is 13.7 Å². The van der Waals surface area contributed by atoms with Crippen LogP contribution in [0.2, 0.25) is 5.02 Å². The minimum Gasteiger partial charge on any atom is -0.490 e. The number of carbonyl (C=O) groups is 1. The van der Waals surface area contributed by atoms with Gasteiger partial charge in [0.1, 0.15) is 5.75 Å². The van der Waals surface area contributed by atoms with E-state index in [1.165, 1.54) is 19.2 Å². The number of hydrogen-bond acceptors (Lipinski definition) is 6. The number of methoxy groups -OCH3 is 1. The maximum atomic E-state index is 11.7. The first-order valence-corrected chi connectivity index (χ1v) is 7.41. The molecule has 0 aliphatic carbocycles. The summed E-state index contributed by atoms with van der Waals surface area (Å²) in [5, 5.41) is 15.2. The number of carbonyl (C=O) groups excluding carboxylic acids is 1. The molecule has 1 amide bonds. The zero-order valence-corrected chi connectivity index (χ0v) is 13.9. The molecule has 0 bridgehead atoms. The lowest BCUT2D eigenvalue weighted by atomic mass is 10.2. The second-order valence-corrected chi connectivity index (χ2v) is 5.07. The van der Waals surface area contributed by atoms with Gasteiger partial charge in [0.2, 0.25) is 0 Å². The van der Waals surface area contributed by atoms with E-state index in [-0.39, 0.29) is 23.6 Å². The van der Waals surface area contributed by atoms with Gasteiger partial charge in [0, 0.05) is 0 Å². The highest BCUT2D eigenvalue weighted by Gasteiger charge is 2.19. The van der Waals surface area contributed by atoms with Gasteiger partial charge in [-0.05, 0) is 24.3 Å². The van der Waals surface area contributed by atoms with Crippen molar-refractivity contribution in [1.82, 2.24) is 5.43 Å². The Hall–Kier alpha value is -3.13. The summed E-state index contributed by atoms with van der Waals surface area (Å²) in [5.74, 6) is -0.0734. The van der Waals surface area contributed by atoms with E-state index in [0.29, 0.717) is 10.8 Å². The second-order valence-electron chi connectivity index (χ2n) is 4.67. The molecule has 2 rings (SSSR count). The van der Waals surface area contributed by atoms with Crippen LogP contribution < -0.4 is 14.9 Å². The maximum Gasteiger partial charge on any atom is 0.319 e. The fourth-order valence-electron chi connectivity index (χ4n) is 1.91. The van der Waals surface area contributed by atoms with E-state index in [4.69, 9.17) is 21.1 Å². The van der Waals surface area contributed by atoms with Crippen molar-refractivity contribution in [3.63, 3.8) is 0 Å². The Balaban J connectivity index is 1.98. The number of halogens is 1. The van der Waals surface area contributed by atoms with Crippen molar-refractivity contribution in [3.8, 4) is 11.5 Å². The maximum absolute atomic E-state index is 11.7. The highest BCUT2D eigenvalue weighted by molar-refractivity contribution is 6.32. The molecule has 0 aliphatic heterocycles. The van der Waals surface area contributed by atoms with Crippen LogP contribution in [0.1, 0.15) is 5.56 Å². The van der Waals surface area contributed by atoms with Crippen molar-refractivity contribution in [2.24, 2.45) is 5.10 Å². The topological polar surface area (TPSA) is 103 Å². The number of nitrogens with zero attached hydrogens (tertiary/aromatic N) is 2. The van der Waals surface area contributed by atoms with Crippen LogP contribution in [0.5, 0.6) is 11.5 Å². The third kappa shape index (κ3) is 4.92. The van der Waals surface area contributed by atoms with Gasteiger partial charge >= 0.3 is 5.69 Å². The Morgan fingerprint density at radius 2 is 2.00 bits per heavy atom. The Morgan fingerprint density at radius 1 is 1.28 bits per heavy atom. The molecule has 2 aromatic rings. The fraction of sp³-hybridized carbons (Fsp3) is 0.125. The van der Waals surface area contributed by atoms with Gasteiger partial charge in [-0.1, -0.05) is 29.8 Å². The molecule has 0 saturated carbocycles. The third-order valence-corrected chi connectivity index (χ3v) is 3.33. The van der Waals surface area contributed by atoms with E-state index in [9.17, 15) is 14.9 Å². The molecule has 0 aromatic heterocycles. The number of para-hydroxylation sites is 2. The highest BCUT2D eigenvalue weighted by atomic mass is 35.5. The summed E-state index contributed by atoms with van der Waals surface area (Å²) in [4.78, 5) is 22.3. The van der Waals surface area contributed by atoms with Gasteiger partial charge in [-0.25, -0.2) is 5.43 Å². The summed E-state index contributed by atoms with van der Waals surface area (Å²) in [6.45, 7) is -0.304. The summed E-state index contributed by atoms with van der Waals surface area (Å²) in [6.07, 6.45) is 1.16. The van der Waals surface area contributed by atoms with Crippen molar-refractivity contribution in [1.29, 1.82) is 0 Å². The predicted molar refractivity (Wildman–Crippen MR) is 92.3 cm³/mol. The lowest BCUT2D eigenvalue weighted by Crippen LogP contribution is -2.24. The molecule has 0 spiro atoms. The SMILES string of the molecule is COc1cccc(C=NNC(=O)COc2ccccc2Cl)c1[N+](=O)[O-]. The molecule has 0 heterocycles. The van der Waals surface area contributed by atoms with Crippen molar-refractivity contribution < 1.29 is 19.2 Å². The molecular formula is C16H14ClN3O5. The van der Waals surface area contributed by atoms with E-state index in [2.05, 4.69) is 10.5 Å². The van der Waals surface area contributed by atoms with Crippen molar-refractivity contribution in [3.05, 3.63) is 63.2 Å². The van der Waals surface area contributed by atoms with E-state index in [1.807, 2.05) is 0 Å². The first kappa shape index (κ1) is 18.2. The largest absolute Gasteiger partial charge is 0.490 e. The zero-order valence-electron chi connectivity index (χ0n) is 13.1. The number of benzene rings is 2. The smallest absolute Gasteiger partial charge is 0.319 e. The average Bonchev–Trinajstić information content (AvgIpc) is 2.60. The van der Waals surface area contributed by atoms with Crippen LogP contribution in [-0.4, -0.2) is 30.8 Å².